The van der Waals surface area contributed by atoms with Gasteiger partial charge in [0.1, 0.15) is 0 Å². The number of rotatable bonds is 5. The standard InChI is InChI=1S/C23H25N3O5/c27-22(25-14-6-8-17-7-2-3-9-20(17)25)16-31-23(28)19-15-18(26(29)30)10-11-21(19)24-12-4-1-5-13-24/h2-3,7,9-11,15H,1,4-6,8,12-14,16H2. The number of anilines is 2. The molecule has 2 aliphatic heterocycles. The van der Waals surface area contributed by atoms with Gasteiger partial charge in [0, 0.05) is 37.5 Å². The Bertz CT molecular complexity index is 1000. The predicted molar refractivity (Wildman–Crippen MR) is 117 cm³/mol. The van der Waals surface area contributed by atoms with Gasteiger partial charge in [-0.05, 0) is 49.8 Å². The largest absolute Gasteiger partial charge is 0.452 e. The molecule has 1 fully saturated rings. The highest BCUT2D eigenvalue weighted by Crippen LogP contribution is 2.29. The minimum absolute atomic E-state index is 0.128. The maximum atomic E-state index is 12.9. The number of carbonyl (C=O) groups is 2. The average Bonchev–Trinajstić information content (AvgIpc) is 2.82. The molecule has 0 saturated carbocycles. The Morgan fingerprint density at radius 3 is 2.52 bits per heavy atom. The third-order valence-corrected chi connectivity index (χ3v) is 5.85. The van der Waals surface area contributed by atoms with Crippen LogP contribution < -0.4 is 9.80 Å². The first kappa shape index (κ1) is 20.8. The van der Waals surface area contributed by atoms with Crippen molar-refractivity contribution in [2.75, 3.05) is 36.0 Å². The highest BCUT2D eigenvalue weighted by atomic mass is 16.6. The van der Waals surface area contributed by atoms with Gasteiger partial charge in [-0.3, -0.25) is 14.9 Å². The average molecular weight is 423 g/mol. The number of fused-ring (bicyclic) bond motifs is 1. The van der Waals surface area contributed by atoms with Crippen LogP contribution >= 0.6 is 0 Å². The molecule has 8 heteroatoms. The molecule has 0 unspecified atom stereocenters. The molecule has 0 atom stereocenters. The number of nitro groups is 1. The van der Waals surface area contributed by atoms with Crippen LogP contribution in [-0.2, 0) is 16.0 Å². The molecule has 4 rings (SSSR count). The first-order valence-electron chi connectivity index (χ1n) is 10.6. The second-order valence-electron chi connectivity index (χ2n) is 7.86. The minimum Gasteiger partial charge on any atom is -0.452 e. The maximum Gasteiger partial charge on any atom is 0.341 e. The van der Waals surface area contributed by atoms with Gasteiger partial charge in [-0.1, -0.05) is 18.2 Å². The Morgan fingerprint density at radius 1 is 0.968 bits per heavy atom. The topological polar surface area (TPSA) is 93.0 Å². The third-order valence-electron chi connectivity index (χ3n) is 5.85. The number of carbonyl (C=O) groups excluding carboxylic acids is 2. The fourth-order valence-electron chi connectivity index (χ4n) is 4.29. The van der Waals surface area contributed by atoms with E-state index in [2.05, 4.69) is 0 Å². The molecule has 2 aromatic rings. The summed E-state index contributed by atoms with van der Waals surface area (Å²) in [7, 11) is 0. The van der Waals surface area contributed by atoms with Crippen LogP contribution in [0.1, 0.15) is 41.6 Å². The number of hydrogen-bond acceptors (Lipinski definition) is 6. The van der Waals surface area contributed by atoms with Crippen LogP contribution in [0.5, 0.6) is 0 Å². The molecule has 0 radical (unpaired) electrons. The fourth-order valence-corrected chi connectivity index (χ4v) is 4.29. The highest BCUT2D eigenvalue weighted by molar-refractivity contribution is 6.00. The summed E-state index contributed by atoms with van der Waals surface area (Å²) < 4.78 is 5.34. The van der Waals surface area contributed by atoms with Gasteiger partial charge in [0.05, 0.1) is 16.2 Å². The number of nitro benzene ring substituents is 1. The van der Waals surface area contributed by atoms with Crippen molar-refractivity contribution in [3.05, 3.63) is 63.7 Å². The summed E-state index contributed by atoms with van der Waals surface area (Å²) in [5.41, 5.74) is 2.51. The molecule has 162 valence electrons. The lowest BCUT2D eigenvalue weighted by atomic mass is 10.0. The number of nitrogens with zero attached hydrogens (tertiary/aromatic N) is 3. The molecule has 0 aliphatic carbocycles. The van der Waals surface area contributed by atoms with E-state index >= 15 is 0 Å². The molecule has 31 heavy (non-hydrogen) atoms. The van der Waals surface area contributed by atoms with E-state index in [1.807, 2.05) is 29.2 Å². The summed E-state index contributed by atoms with van der Waals surface area (Å²) in [6, 6.07) is 12.0. The van der Waals surface area contributed by atoms with Crippen molar-refractivity contribution in [1.29, 1.82) is 0 Å². The number of ether oxygens (including phenoxy) is 1. The lowest BCUT2D eigenvalue weighted by Crippen LogP contribution is -2.38. The van der Waals surface area contributed by atoms with Crippen molar-refractivity contribution in [3.63, 3.8) is 0 Å². The van der Waals surface area contributed by atoms with Crippen molar-refractivity contribution in [2.45, 2.75) is 32.1 Å². The second kappa shape index (κ2) is 9.16. The molecule has 1 saturated heterocycles. The van der Waals surface area contributed by atoms with Gasteiger partial charge in [-0.25, -0.2) is 4.79 Å². The number of esters is 1. The smallest absolute Gasteiger partial charge is 0.341 e. The number of piperidine rings is 1. The van der Waals surface area contributed by atoms with Crippen molar-refractivity contribution in [3.8, 4) is 0 Å². The van der Waals surface area contributed by atoms with Crippen LogP contribution in [0.4, 0.5) is 17.1 Å². The van der Waals surface area contributed by atoms with Crippen molar-refractivity contribution >= 4 is 28.9 Å². The molecular weight excluding hydrogens is 398 g/mol. The zero-order chi connectivity index (χ0) is 21.8. The molecule has 2 heterocycles. The van der Waals surface area contributed by atoms with Gasteiger partial charge >= 0.3 is 5.97 Å². The Balaban J connectivity index is 1.51. The molecule has 2 aliphatic rings. The number of benzene rings is 2. The fraction of sp³-hybridized carbons (Fsp3) is 0.391. The van der Waals surface area contributed by atoms with E-state index in [0.717, 1.165) is 56.4 Å². The Kier molecular flexibility index (Phi) is 6.16. The summed E-state index contributed by atoms with van der Waals surface area (Å²) in [6.07, 6.45) is 4.87. The molecule has 0 N–H and O–H groups in total. The van der Waals surface area contributed by atoms with Crippen LogP contribution in [0.2, 0.25) is 0 Å². The number of para-hydroxylation sites is 1. The Hall–Kier alpha value is -3.42. The van der Waals surface area contributed by atoms with Gasteiger partial charge in [0.25, 0.3) is 11.6 Å². The summed E-state index contributed by atoms with van der Waals surface area (Å²) in [4.78, 5) is 40.1. The minimum atomic E-state index is -0.720. The van der Waals surface area contributed by atoms with Crippen molar-refractivity contribution < 1.29 is 19.2 Å². The SMILES string of the molecule is O=C(OCC(=O)N1CCCc2ccccc21)c1cc([N+](=O)[O-])ccc1N1CCCCC1. The quantitative estimate of drug-likeness (QED) is 0.413. The number of hydrogen-bond donors (Lipinski definition) is 0. The van der Waals surface area contributed by atoms with Crippen molar-refractivity contribution in [2.24, 2.45) is 0 Å². The molecule has 2 aromatic carbocycles. The van der Waals surface area contributed by atoms with Crippen LogP contribution in [0.3, 0.4) is 0 Å². The van der Waals surface area contributed by atoms with Gasteiger partial charge in [-0.15, -0.1) is 0 Å². The first-order chi connectivity index (χ1) is 15.0. The zero-order valence-electron chi connectivity index (χ0n) is 17.3. The molecule has 0 aromatic heterocycles. The second-order valence-corrected chi connectivity index (χ2v) is 7.86. The molecule has 1 amide bonds. The molecule has 8 nitrogen and oxygen atoms in total. The summed E-state index contributed by atoms with van der Waals surface area (Å²) in [5.74, 6) is -1.02. The Labute approximate surface area is 180 Å². The monoisotopic (exact) mass is 423 g/mol. The summed E-state index contributed by atoms with van der Waals surface area (Å²) in [6.45, 7) is 1.72. The number of aryl methyl sites for hydroxylation is 1. The van der Waals surface area contributed by atoms with Crippen LogP contribution in [0.25, 0.3) is 0 Å². The van der Waals surface area contributed by atoms with Crippen molar-refractivity contribution in [1.82, 2.24) is 0 Å². The summed E-state index contributed by atoms with van der Waals surface area (Å²) in [5, 5.41) is 11.2. The third kappa shape index (κ3) is 4.52. The van der Waals surface area contributed by atoms with E-state index < -0.39 is 17.5 Å². The van der Waals surface area contributed by atoms with E-state index in [9.17, 15) is 19.7 Å². The van der Waals surface area contributed by atoms with Gasteiger partial charge < -0.3 is 14.5 Å². The van der Waals surface area contributed by atoms with E-state index in [-0.39, 0.29) is 17.2 Å². The van der Waals surface area contributed by atoms with Gasteiger partial charge in [0.2, 0.25) is 0 Å². The molecule has 0 spiro atoms. The summed E-state index contributed by atoms with van der Waals surface area (Å²) >= 11 is 0. The van der Waals surface area contributed by atoms with Gasteiger partial charge in [-0.2, -0.15) is 0 Å². The highest BCUT2D eigenvalue weighted by Gasteiger charge is 2.26. The maximum absolute atomic E-state index is 12.9. The zero-order valence-corrected chi connectivity index (χ0v) is 17.3. The Morgan fingerprint density at radius 2 is 1.74 bits per heavy atom. The van der Waals surface area contributed by atoms with Crippen LogP contribution in [0.15, 0.2) is 42.5 Å². The van der Waals surface area contributed by atoms with E-state index in [4.69, 9.17) is 4.74 Å². The van der Waals surface area contributed by atoms with Gasteiger partial charge in [0.15, 0.2) is 6.61 Å². The van der Waals surface area contributed by atoms with E-state index in [0.29, 0.717) is 12.2 Å². The lowest BCUT2D eigenvalue weighted by molar-refractivity contribution is -0.384. The lowest BCUT2D eigenvalue weighted by Gasteiger charge is -2.30. The van der Waals surface area contributed by atoms with Crippen LogP contribution in [-0.4, -0.2) is 43.0 Å². The van der Waals surface area contributed by atoms with Crippen LogP contribution in [0, 0.1) is 10.1 Å². The number of non-ortho nitro benzene ring substituents is 1. The molecular formula is C23H25N3O5. The van der Waals surface area contributed by atoms with E-state index in [1.165, 1.54) is 12.1 Å². The normalized spacial score (nSPS) is 15.9. The number of amides is 1. The van der Waals surface area contributed by atoms with E-state index in [1.54, 1.807) is 11.0 Å². The predicted octanol–water partition coefficient (Wildman–Crippen LogP) is 3.72. The molecule has 0 bridgehead atoms. The first-order valence-corrected chi connectivity index (χ1v) is 10.6.